The van der Waals surface area contributed by atoms with E-state index in [0.29, 0.717) is 6.61 Å². The van der Waals surface area contributed by atoms with E-state index in [4.69, 9.17) is 10.5 Å². The van der Waals surface area contributed by atoms with Crippen LogP contribution in [0.5, 0.6) is 5.75 Å². The second-order valence-electron chi connectivity index (χ2n) is 4.82. The Morgan fingerprint density at radius 3 is 2.45 bits per heavy atom. The van der Waals surface area contributed by atoms with Crippen molar-refractivity contribution in [1.82, 2.24) is 0 Å². The molecule has 0 aliphatic rings. The van der Waals surface area contributed by atoms with Gasteiger partial charge in [0.2, 0.25) is 0 Å². The van der Waals surface area contributed by atoms with Gasteiger partial charge in [0.1, 0.15) is 12.4 Å². The molecule has 0 aliphatic heterocycles. The molecular weight excluding hydrogens is 246 g/mol. The van der Waals surface area contributed by atoms with Crippen molar-refractivity contribution < 1.29 is 4.74 Å². The van der Waals surface area contributed by atoms with Crippen molar-refractivity contribution in [1.29, 1.82) is 0 Å². The molecule has 0 bridgehead atoms. The van der Waals surface area contributed by atoms with Gasteiger partial charge in [-0.15, -0.1) is 6.58 Å². The smallest absolute Gasteiger partial charge is 0.123 e. The van der Waals surface area contributed by atoms with E-state index in [1.54, 1.807) is 0 Å². The van der Waals surface area contributed by atoms with Crippen LogP contribution in [0, 0.1) is 0 Å². The number of nitrogen functional groups attached to an aromatic ring is 1. The summed E-state index contributed by atoms with van der Waals surface area (Å²) in [6, 6.07) is 14.2. The standard InChI is InChI=1S/C18H21NO/c1-3-5-16-12-17(19)10-11-18(16)20-13-15-8-6-14(4-2)7-9-15/h3,6-12H,1,4-5,13,19H2,2H3. The molecular formula is C18H21NO. The van der Waals surface area contributed by atoms with Gasteiger partial charge in [0.25, 0.3) is 0 Å². The first kappa shape index (κ1) is 14.2. The Morgan fingerprint density at radius 1 is 1.10 bits per heavy atom. The predicted molar refractivity (Wildman–Crippen MR) is 84.9 cm³/mol. The fraction of sp³-hybridized carbons (Fsp3) is 0.222. The molecule has 20 heavy (non-hydrogen) atoms. The summed E-state index contributed by atoms with van der Waals surface area (Å²) >= 11 is 0. The SMILES string of the molecule is C=CCc1cc(N)ccc1OCc1ccc(CC)cc1. The van der Waals surface area contributed by atoms with Crippen LogP contribution in [-0.2, 0) is 19.4 Å². The van der Waals surface area contributed by atoms with E-state index in [9.17, 15) is 0 Å². The van der Waals surface area contributed by atoms with Gasteiger partial charge in [0.15, 0.2) is 0 Å². The summed E-state index contributed by atoms with van der Waals surface area (Å²) in [5, 5.41) is 0. The van der Waals surface area contributed by atoms with Gasteiger partial charge < -0.3 is 10.5 Å². The molecule has 0 saturated heterocycles. The Bertz CT molecular complexity index is 572. The number of aryl methyl sites for hydroxylation is 1. The van der Waals surface area contributed by atoms with E-state index in [1.165, 1.54) is 11.1 Å². The molecule has 0 aromatic heterocycles. The molecule has 0 unspecified atom stereocenters. The van der Waals surface area contributed by atoms with Crippen LogP contribution >= 0.6 is 0 Å². The maximum atomic E-state index is 5.90. The maximum absolute atomic E-state index is 5.90. The zero-order valence-electron chi connectivity index (χ0n) is 11.9. The molecule has 2 nitrogen and oxygen atoms in total. The maximum Gasteiger partial charge on any atom is 0.123 e. The fourth-order valence-corrected chi connectivity index (χ4v) is 2.09. The topological polar surface area (TPSA) is 35.2 Å². The number of anilines is 1. The summed E-state index contributed by atoms with van der Waals surface area (Å²) in [4.78, 5) is 0. The second kappa shape index (κ2) is 6.80. The summed E-state index contributed by atoms with van der Waals surface area (Å²) in [5.74, 6) is 0.874. The van der Waals surface area contributed by atoms with Gasteiger partial charge in [0.05, 0.1) is 0 Å². The normalized spacial score (nSPS) is 10.2. The number of hydrogen-bond donors (Lipinski definition) is 1. The number of nitrogens with two attached hydrogens (primary N) is 1. The molecule has 2 aromatic carbocycles. The Labute approximate surface area is 120 Å². The van der Waals surface area contributed by atoms with Crippen LogP contribution in [0.25, 0.3) is 0 Å². The van der Waals surface area contributed by atoms with Gasteiger partial charge in [-0.3, -0.25) is 0 Å². The van der Waals surface area contributed by atoms with E-state index in [0.717, 1.165) is 29.8 Å². The quantitative estimate of drug-likeness (QED) is 0.630. The number of hydrogen-bond acceptors (Lipinski definition) is 2. The van der Waals surface area contributed by atoms with Crippen molar-refractivity contribution in [3.05, 3.63) is 71.8 Å². The first-order valence-electron chi connectivity index (χ1n) is 6.93. The minimum atomic E-state index is 0.568. The lowest BCUT2D eigenvalue weighted by Crippen LogP contribution is -1.99. The van der Waals surface area contributed by atoms with Crippen molar-refractivity contribution in [3.63, 3.8) is 0 Å². The summed E-state index contributed by atoms with van der Waals surface area (Å²) in [5.41, 5.74) is 10.1. The van der Waals surface area contributed by atoms with E-state index in [2.05, 4.69) is 37.8 Å². The molecule has 0 heterocycles. The van der Waals surface area contributed by atoms with Gasteiger partial charge >= 0.3 is 0 Å². The number of benzene rings is 2. The molecule has 2 aromatic rings. The van der Waals surface area contributed by atoms with Crippen LogP contribution < -0.4 is 10.5 Å². The molecule has 0 fully saturated rings. The second-order valence-corrected chi connectivity index (χ2v) is 4.82. The fourth-order valence-electron chi connectivity index (χ4n) is 2.09. The zero-order valence-corrected chi connectivity index (χ0v) is 11.9. The monoisotopic (exact) mass is 267 g/mol. The molecule has 0 saturated carbocycles. The Hall–Kier alpha value is -2.22. The van der Waals surface area contributed by atoms with Crippen LogP contribution in [-0.4, -0.2) is 0 Å². The van der Waals surface area contributed by atoms with Crippen LogP contribution in [0.4, 0.5) is 5.69 Å². The number of rotatable bonds is 6. The number of allylic oxidation sites excluding steroid dienone is 1. The van der Waals surface area contributed by atoms with E-state index in [1.807, 2.05) is 24.3 Å². The average molecular weight is 267 g/mol. The van der Waals surface area contributed by atoms with Crippen molar-refractivity contribution in [2.24, 2.45) is 0 Å². The highest BCUT2D eigenvalue weighted by molar-refractivity contribution is 5.48. The molecule has 0 atom stereocenters. The first-order chi connectivity index (χ1) is 9.72. The average Bonchev–Trinajstić information content (AvgIpc) is 2.47. The van der Waals surface area contributed by atoms with Crippen molar-refractivity contribution in [3.8, 4) is 5.75 Å². The Balaban J connectivity index is 2.07. The van der Waals surface area contributed by atoms with Crippen LogP contribution in [0.1, 0.15) is 23.6 Å². The Morgan fingerprint density at radius 2 is 1.80 bits per heavy atom. The summed E-state index contributed by atoms with van der Waals surface area (Å²) in [6.45, 7) is 6.49. The Kier molecular flexibility index (Phi) is 4.83. The molecule has 0 radical (unpaired) electrons. The minimum Gasteiger partial charge on any atom is -0.489 e. The summed E-state index contributed by atoms with van der Waals surface area (Å²) < 4.78 is 5.90. The zero-order chi connectivity index (χ0) is 14.4. The van der Waals surface area contributed by atoms with Gasteiger partial charge in [0, 0.05) is 5.69 Å². The van der Waals surface area contributed by atoms with Gasteiger partial charge in [-0.1, -0.05) is 37.3 Å². The van der Waals surface area contributed by atoms with E-state index >= 15 is 0 Å². The number of ether oxygens (including phenoxy) is 1. The van der Waals surface area contributed by atoms with Crippen LogP contribution in [0.15, 0.2) is 55.1 Å². The molecule has 0 amide bonds. The lowest BCUT2D eigenvalue weighted by Gasteiger charge is -2.11. The summed E-state index contributed by atoms with van der Waals surface area (Å²) in [6.07, 6.45) is 3.68. The third-order valence-corrected chi connectivity index (χ3v) is 3.27. The molecule has 2 heteroatoms. The van der Waals surface area contributed by atoms with Crippen LogP contribution in [0.2, 0.25) is 0 Å². The van der Waals surface area contributed by atoms with E-state index in [-0.39, 0.29) is 0 Å². The molecule has 0 aliphatic carbocycles. The molecule has 2 N–H and O–H groups in total. The van der Waals surface area contributed by atoms with E-state index < -0.39 is 0 Å². The highest BCUT2D eigenvalue weighted by Crippen LogP contribution is 2.23. The predicted octanol–water partition coefficient (Wildman–Crippen LogP) is 4.14. The van der Waals surface area contributed by atoms with Gasteiger partial charge in [-0.25, -0.2) is 0 Å². The third kappa shape index (κ3) is 3.64. The highest BCUT2D eigenvalue weighted by atomic mass is 16.5. The largest absolute Gasteiger partial charge is 0.489 e. The van der Waals surface area contributed by atoms with Gasteiger partial charge in [-0.2, -0.15) is 0 Å². The first-order valence-corrected chi connectivity index (χ1v) is 6.93. The van der Waals surface area contributed by atoms with Crippen molar-refractivity contribution >= 4 is 5.69 Å². The lowest BCUT2D eigenvalue weighted by molar-refractivity contribution is 0.303. The minimum absolute atomic E-state index is 0.568. The third-order valence-electron chi connectivity index (χ3n) is 3.27. The van der Waals surface area contributed by atoms with Crippen LogP contribution in [0.3, 0.4) is 0 Å². The summed E-state index contributed by atoms with van der Waals surface area (Å²) in [7, 11) is 0. The van der Waals surface area contributed by atoms with Crippen molar-refractivity contribution in [2.75, 3.05) is 5.73 Å². The molecule has 104 valence electrons. The molecule has 0 spiro atoms. The van der Waals surface area contributed by atoms with Gasteiger partial charge in [-0.05, 0) is 47.7 Å². The highest BCUT2D eigenvalue weighted by Gasteiger charge is 2.04. The molecule has 2 rings (SSSR count). The lowest BCUT2D eigenvalue weighted by atomic mass is 10.1. The van der Waals surface area contributed by atoms with Crippen molar-refractivity contribution in [2.45, 2.75) is 26.4 Å².